The quantitative estimate of drug-likeness (QED) is 0.723. The molecule has 0 saturated carbocycles. The van der Waals surface area contributed by atoms with Crippen LogP contribution in [-0.4, -0.2) is 28.9 Å². The molecule has 1 amide bonds. The maximum atomic E-state index is 12.3. The number of nitrogens with zero attached hydrogens (tertiary/aromatic N) is 2. The van der Waals surface area contributed by atoms with Crippen molar-refractivity contribution in [2.75, 3.05) is 18.4 Å². The van der Waals surface area contributed by atoms with Gasteiger partial charge in [0.1, 0.15) is 0 Å². The van der Waals surface area contributed by atoms with Gasteiger partial charge in [0.25, 0.3) is 5.91 Å². The second kappa shape index (κ2) is 7.72. The summed E-state index contributed by atoms with van der Waals surface area (Å²) in [5.41, 5.74) is 1.73. The van der Waals surface area contributed by atoms with Crippen LogP contribution < -0.4 is 5.32 Å². The Labute approximate surface area is 154 Å². The highest BCUT2D eigenvalue weighted by Crippen LogP contribution is 2.22. The van der Waals surface area contributed by atoms with Gasteiger partial charge in [-0.1, -0.05) is 19.1 Å². The lowest BCUT2D eigenvalue weighted by Gasteiger charge is -2.29. The lowest BCUT2D eigenvalue weighted by atomic mass is 9.99. The molecule has 0 bridgehead atoms. The smallest absolute Gasteiger partial charge is 0.258 e. The number of piperidine rings is 1. The summed E-state index contributed by atoms with van der Waals surface area (Å²) >= 11 is 3.67. The molecule has 0 spiro atoms. The van der Waals surface area contributed by atoms with Crippen molar-refractivity contribution >= 4 is 45.0 Å². The molecule has 23 heavy (non-hydrogen) atoms. The van der Waals surface area contributed by atoms with Gasteiger partial charge < -0.3 is 0 Å². The second-order valence-corrected chi connectivity index (χ2v) is 8.06. The van der Waals surface area contributed by atoms with Crippen LogP contribution in [-0.2, 0) is 6.54 Å². The Hall–Kier alpha value is -0.990. The molecule has 6 heteroatoms. The maximum Gasteiger partial charge on any atom is 0.258 e. The van der Waals surface area contributed by atoms with Crippen LogP contribution >= 0.6 is 33.9 Å². The zero-order chi connectivity index (χ0) is 16.2. The van der Waals surface area contributed by atoms with Crippen LogP contribution in [0.4, 0.5) is 5.13 Å². The van der Waals surface area contributed by atoms with Gasteiger partial charge in [0.15, 0.2) is 5.13 Å². The number of rotatable bonds is 4. The van der Waals surface area contributed by atoms with Crippen molar-refractivity contribution in [3.05, 3.63) is 44.5 Å². The monoisotopic (exact) mass is 441 g/mol. The molecule has 1 aromatic heterocycles. The number of anilines is 1. The Kier molecular flexibility index (Phi) is 5.66. The summed E-state index contributed by atoms with van der Waals surface area (Å²) in [5, 5.41) is 5.63. The first-order valence-electron chi connectivity index (χ1n) is 7.84. The standard InChI is InChI=1S/C17H20IN3OS/c1-12-6-8-21(9-7-12)10-13-11-23-17(19-13)20-16(22)14-4-2-3-5-15(14)18/h2-5,11-12H,6-10H2,1H3,(H,19,20,22). The molecule has 0 unspecified atom stereocenters. The fraction of sp³-hybridized carbons (Fsp3) is 0.412. The number of aromatic nitrogens is 1. The van der Waals surface area contributed by atoms with Gasteiger partial charge in [-0.3, -0.25) is 15.0 Å². The first-order chi connectivity index (χ1) is 11.1. The minimum Gasteiger partial charge on any atom is -0.298 e. The fourth-order valence-electron chi connectivity index (χ4n) is 2.70. The normalized spacial score (nSPS) is 16.4. The second-order valence-electron chi connectivity index (χ2n) is 6.04. The molecule has 2 aromatic rings. The van der Waals surface area contributed by atoms with Gasteiger partial charge in [0.2, 0.25) is 0 Å². The van der Waals surface area contributed by atoms with E-state index in [1.165, 1.54) is 24.2 Å². The average molecular weight is 441 g/mol. The predicted octanol–water partition coefficient (Wildman–Crippen LogP) is 4.23. The van der Waals surface area contributed by atoms with Gasteiger partial charge in [-0.2, -0.15) is 0 Å². The zero-order valence-corrected chi connectivity index (χ0v) is 16.1. The van der Waals surface area contributed by atoms with Crippen LogP contribution in [0.1, 0.15) is 35.8 Å². The Morgan fingerprint density at radius 2 is 2.13 bits per heavy atom. The van der Waals surface area contributed by atoms with Gasteiger partial charge in [-0.15, -0.1) is 11.3 Å². The summed E-state index contributed by atoms with van der Waals surface area (Å²) in [7, 11) is 0. The first kappa shape index (κ1) is 16.9. The van der Waals surface area contributed by atoms with E-state index in [9.17, 15) is 4.79 Å². The van der Waals surface area contributed by atoms with Crippen molar-refractivity contribution in [2.24, 2.45) is 5.92 Å². The van der Waals surface area contributed by atoms with E-state index < -0.39 is 0 Å². The van der Waals surface area contributed by atoms with E-state index in [1.807, 2.05) is 29.6 Å². The fourth-order valence-corrected chi connectivity index (χ4v) is 4.02. The largest absolute Gasteiger partial charge is 0.298 e. The number of thiazole rings is 1. The number of nitrogens with one attached hydrogen (secondary N) is 1. The molecule has 1 aromatic carbocycles. The number of carbonyl (C=O) groups excluding carboxylic acids is 1. The molecule has 1 saturated heterocycles. The molecule has 2 heterocycles. The Morgan fingerprint density at radius 3 is 2.87 bits per heavy atom. The first-order valence-corrected chi connectivity index (χ1v) is 9.80. The molecule has 3 rings (SSSR count). The topological polar surface area (TPSA) is 45.2 Å². The Bertz CT molecular complexity index is 680. The van der Waals surface area contributed by atoms with E-state index in [0.717, 1.165) is 34.8 Å². The number of carbonyl (C=O) groups is 1. The number of amides is 1. The number of hydrogen-bond acceptors (Lipinski definition) is 4. The van der Waals surface area contributed by atoms with E-state index >= 15 is 0 Å². The molecule has 0 atom stereocenters. The predicted molar refractivity (Wildman–Crippen MR) is 103 cm³/mol. The maximum absolute atomic E-state index is 12.3. The molecule has 1 fully saturated rings. The molecule has 0 aliphatic carbocycles. The van der Waals surface area contributed by atoms with Crippen molar-refractivity contribution < 1.29 is 4.79 Å². The van der Waals surface area contributed by atoms with Gasteiger partial charge in [-0.25, -0.2) is 4.98 Å². The minimum atomic E-state index is -0.0947. The summed E-state index contributed by atoms with van der Waals surface area (Å²) in [5.74, 6) is 0.743. The van der Waals surface area contributed by atoms with Crippen LogP contribution in [0.25, 0.3) is 0 Å². The third kappa shape index (κ3) is 4.51. The van der Waals surface area contributed by atoms with E-state index in [-0.39, 0.29) is 5.91 Å². The lowest BCUT2D eigenvalue weighted by molar-refractivity contribution is 0.102. The van der Waals surface area contributed by atoms with Crippen molar-refractivity contribution in [2.45, 2.75) is 26.3 Å². The Morgan fingerprint density at radius 1 is 1.39 bits per heavy atom. The van der Waals surface area contributed by atoms with Crippen LogP contribution in [0.5, 0.6) is 0 Å². The highest BCUT2D eigenvalue weighted by atomic mass is 127. The molecule has 1 aliphatic heterocycles. The molecule has 1 N–H and O–H groups in total. The van der Waals surface area contributed by atoms with Crippen molar-refractivity contribution in [3.63, 3.8) is 0 Å². The summed E-state index contributed by atoms with van der Waals surface area (Å²) in [4.78, 5) is 19.3. The lowest BCUT2D eigenvalue weighted by Crippen LogP contribution is -2.32. The van der Waals surface area contributed by atoms with Gasteiger partial charge in [-0.05, 0) is 66.6 Å². The van der Waals surface area contributed by atoms with Gasteiger partial charge >= 0.3 is 0 Å². The zero-order valence-electron chi connectivity index (χ0n) is 13.1. The van der Waals surface area contributed by atoms with Crippen LogP contribution in [0.15, 0.2) is 29.6 Å². The molecule has 1 aliphatic rings. The summed E-state index contributed by atoms with van der Waals surface area (Å²) in [6.45, 7) is 5.48. The van der Waals surface area contributed by atoms with Gasteiger partial charge in [0.05, 0.1) is 11.3 Å². The molecular formula is C17H20IN3OS. The molecule has 122 valence electrons. The van der Waals surface area contributed by atoms with Crippen molar-refractivity contribution in [1.82, 2.24) is 9.88 Å². The van der Waals surface area contributed by atoms with Gasteiger partial charge in [0, 0.05) is 15.5 Å². The minimum absolute atomic E-state index is 0.0947. The Balaban J connectivity index is 1.59. The molecular weight excluding hydrogens is 421 g/mol. The summed E-state index contributed by atoms with van der Waals surface area (Å²) < 4.78 is 0.946. The van der Waals surface area contributed by atoms with Crippen LogP contribution in [0, 0.1) is 9.49 Å². The number of benzene rings is 1. The summed E-state index contributed by atoms with van der Waals surface area (Å²) in [6.07, 6.45) is 2.53. The highest BCUT2D eigenvalue weighted by molar-refractivity contribution is 14.1. The molecule has 4 nitrogen and oxygen atoms in total. The molecule has 0 radical (unpaired) electrons. The van der Waals surface area contributed by atoms with Crippen LogP contribution in [0.3, 0.4) is 0 Å². The van der Waals surface area contributed by atoms with Crippen molar-refractivity contribution in [1.29, 1.82) is 0 Å². The van der Waals surface area contributed by atoms with E-state index in [1.54, 1.807) is 0 Å². The van der Waals surface area contributed by atoms with Crippen LogP contribution in [0.2, 0.25) is 0 Å². The third-order valence-corrected chi connectivity index (χ3v) is 5.90. The SMILES string of the molecule is CC1CCN(Cc2csc(NC(=O)c3ccccc3I)n2)CC1. The van der Waals surface area contributed by atoms with E-state index in [4.69, 9.17) is 0 Å². The average Bonchev–Trinajstić information content (AvgIpc) is 2.97. The highest BCUT2D eigenvalue weighted by Gasteiger charge is 2.17. The van der Waals surface area contributed by atoms with E-state index in [0.29, 0.717) is 10.7 Å². The number of likely N-dealkylation sites (tertiary alicyclic amines) is 1. The van der Waals surface area contributed by atoms with E-state index in [2.05, 4.69) is 44.7 Å². The summed E-state index contributed by atoms with van der Waals surface area (Å²) in [6, 6.07) is 7.57. The van der Waals surface area contributed by atoms with Crippen molar-refractivity contribution in [3.8, 4) is 0 Å². The third-order valence-electron chi connectivity index (χ3n) is 4.15. The number of hydrogen-bond donors (Lipinski definition) is 1. The number of halogens is 1.